The van der Waals surface area contributed by atoms with Crippen LogP contribution in [0.5, 0.6) is 0 Å². The number of anilines is 1. The minimum atomic E-state index is -4.32. The van der Waals surface area contributed by atoms with Gasteiger partial charge in [-0.25, -0.2) is 0 Å². The van der Waals surface area contributed by atoms with Crippen molar-refractivity contribution in [2.45, 2.75) is 39.3 Å². The number of benzene rings is 1. The van der Waals surface area contributed by atoms with Gasteiger partial charge in [0.25, 0.3) is 0 Å². The van der Waals surface area contributed by atoms with E-state index in [1.165, 1.54) is 23.9 Å². The Bertz CT molecular complexity index is 801. The highest BCUT2D eigenvalue weighted by molar-refractivity contribution is 8.14. The third-order valence-corrected chi connectivity index (χ3v) is 5.60. The van der Waals surface area contributed by atoms with Gasteiger partial charge in [-0.2, -0.15) is 8.42 Å². The number of aliphatic imine (C=N–C) groups is 1. The number of carbonyl (C=O) groups is 1. The van der Waals surface area contributed by atoms with Crippen molar-refractivity contribution >= 4 is 38.7 Å². The number of aliphatic hydroxyl groups excluding tert-OH is 1. The van der Waals surface area contributed by atoms with Crippen LogP contribution in [0.25, 0.3) is 0 Å². The van der Waals surface area contributed by atoms with Crippen LogP contribution in [-0.2, 0) is 21.5 Å². The first-order chi connectivity index (χ1) is 12.5. The molecule has 1 aromatic carbocycles. The zero-order chi connectivity index (χ0) is 20.2. The zero-order valence-electron chi connectivity index (χ0n) is 15.5. The van der Waals surface area contributed by atoms with E-state index < -0.39 is 15.7 Å². The minimum absolute atomic E-state index is 0.0353. The molecule has 27 heavy (non-hydrogen) atoms. The van der Waals surface area contributed by atoms with Crippen LogP contribution in [0.2, 0.25) is 0 Å². The summed E-state index contributed by atoms with van der Waals surface area (Å²) in [6.45, 7) is 5.45. The molecular formula is C17H25N3O5S2. The second-order valence-corrected chi connectivity index (χ2v) is 9.56. The first-order valence-electron chi connectivity index (χ1n) is 8.44. The van der Waals surface area contributed by atoms with Crippen LogP contribution < -0.4 is 10.0 Å². The maximum Gasteiger partial charge on any atom is 0.357 e. The fourth-order valence-electron chi connectivity index (χ4n) is 2.39. The van der Waals surface area contributed by atoms with Gasteiger partial charge in [0, 0.05) is 11.2 Å². The summed E-state index contributed by atoms with van der Waals surface area (Å²) >= 11 is 1.52. The molecule has 1 unspecified atom stereocenters. The van der Waals surface area contributed by atoms with E-state index in [9.17, 15) is 18.3 Å². The summed E-state index contributed by atoms with van der Waals surface area (Å²) in [4.78, 5) is 16.9. The smallest absolute Gasteiger partial charge is 0.357 e. The molecule has 10 heteroatoms. The fraction of sp³-hybridized carbons (Fsp3) is 0.529. The second kappa shape index (κ2) is 8.59. The highest BCUT2D eigenvalue weighted by Crippen LogP contribution is 2.24. The molecule has 0 bridgehead atoms. The van der Waals surface area contributed by atoms with Gasteiger partial charge in [-0.05, 0) is 24.1 Å². The molecule has 2 rings (SSSR count). The first-order valence-corrected chi connectivity index (χ1v) is 10.9. The van der Waals surface area contributed by atoms with Crippen LogP contribution in [-0.4, -0.2) is 53.5 Å². The van der Waals surface area contributed by atoms with E-state index in [2.05, 4.69) is 10.3 Å². The molecule has 0 saturated carbocycles. The van der Waals surface area contributed by atoms with E-state index in [4.69, 9.17) is 4.55 Å². The lowest BCUT2D eigenvalue weighted by Crippen LogP contribution is -2.45. The van der Waals surface area contributed by atoms with Gasteiger partial charge >= 0.3 is 10.3 Å². The lowest BCUT2D eigenvalue weighted by Gasteiger charge is -2.24. The molecule has 4 N–H and O–H groups in total. The van der Waals surface area contributed by atoms with Crippen LogP contribution in [0.15, 0.2) is 29.3 Å². The van der Waals surface area contributed by atoms with Gasteiger partial charge in [-0.1, -0.05) is 32.9 Å². The number of carbonyl (C=O) groups excluding carboxylic acids is 1. The van der Waals surface area contributed by atoms with E-state index in [1.807, 2.05) is 25.5 Å². The third kappa shape index (κ3) is 6.80. The molecule has 0 aromatic heterocycles. The molecule has 150 valence electrons. The van der Waals surface area contributed by atoms with Crippen molar-refractivity contribution in [1.29, 1.82) is 0 Å². The largest absolute Gasteiger partial charge is 0.394 e. The highest BCUT2D eigenvalue weighted by atomic mass is 32.2. The van der Waals surface area contributed by atoms with Gasteiger partial charge in [-0.15, -0.1) is 11.8 Å². The Hall–Kier alpha value is -1.62. The summed E-state index contributed by atoms with van der Waals surface area (Å²) < 4.78 is 32.6. The number of amides is 1. The molecule has 8 nitrogen and oxygen atoms in total. The second-order valence-electron chi connectivity index (χ2n) is 7.37. The fourth-order valence-corrected chi connectivity index (χ4v) is 3.93. The molecule has 1 aliphatic rings. The van der Waals surface area contributed by atoms with Crippen LogP contribution in [0.4, 0.5) is 5.69 Å². The Balaban J connectivity index is 2.17. The molecule has 0 aliphatic carbocycles. The molecule has 0 spiro atoms. The van der Waals surface area contributed by atoms with E-state index in [1.54, 1.807) is 12.1 Å². The average molecular weight is 416 g/mol. The summed E-state index contributed by atoms with van der Waals surface area (Å²) in [7, 11) is -4.32. The molecule has 0 saturated heterocycles. The molecule has 0 radical (unpaired) electrons. The van der Waals surface area contributed by atoms with Crippen molar-refractivity contribution in [3.8, 4) is 0 Å². The molecule has 1 aliphatic heterocycles. The summed E-state index contributed by atoms with van der Waals surface area (Å²) in [5.41, 5.74) is 0.553. The van der Waals surface area contributed by atoms with E-state index in [0.29, 0.717) is 12.2 Å². The molecule has 2 atom stereocenters. The number of thioether (sulfide) groups is 1. The number of aliphatic hydroxyl groups is 1. The first kappa shape index (κ1) is 21.7. The number of nitrogens with zero attached hydrogens (tertiary/aromatic N) is 1. The van der Waals surface area contributed by atoms with Crippen molar-refractivity contribution in [3.63, 3.8) is 0 Å². The number of hydrogen-bond donors (Lipinski definition) is 4. The normalized spacial score (nSPS) is 18.7. The summed E-state index contributed by atoms with van der Waals surface area (Å²) in [5, 5.41) is 13.1. The van der Waals surface area contributed by atoms with Gasteiger partial charge in [0.1, 0.15) is 0 Å². The van der Waals surface area contributed by atoms with Gasteiger partial charge in [0.15, 0.2) is 0 Å². The monoisotopic (exact) mass is 415 g/mol. The lowest BCUT2D eigenvalue weighted by atomic mass is 9.94. The summed E-state index contributed by atoms with van der Waals surface area (Å²) in [5.74, 6) is 0.568. The molecule has 0 fully saturated rings. The van der Waals surface area contributed by atoms with Crippen LogP contribution in [0, 0.1) is 5.41 Å². The Kier molecular flexibility index (Phi) is 6.90. The van der Waals surface area contributed by atoms with Crippen molar-refractivity contribution in [2.75, 3.05) is 17.1 Å². The Morgan fingerprint density at radius 3 is 2.44 bits per heavy atom. The SMILES string of the molecule is CC(C)(C)C(=O)N[C@@H](Cc1ccc(NS(=O)(=O)O)cc1)C1=NC(CO)CS1. The standard InChI is InChI=1S/C17H25N3O5S2/c1-17(2,3)16(22)19-14(15-18-13(9-21)10-26-15)8-11-4-6-12(7-5-11)20-27(23,24)25/h4-7,13-14,20-21H,8-10H2,1-3H3,(H,19,22)(H,23,24,25)/t13?,14-/m0/s1. The summed E-state index contributed by atoms with van der Waals surface area (Å²) in [6.07, 6.45) is 0.470. The third-order valence-electron chi connectivity index (χ3n) is 3.87. The Labute approximate surface area is 163 Å². The Morgan fingerprint density at radius 1 is 1.33 bits per heavy atom. The molecule has 1 heterocycles. The van der Waals surface area contributed by atoms with Crippen molar-refractivity contribution in [2.24, 2.45) is 10.4 Å². The van der Waals surface area contributed by atoms with Gasteiger partial charge in [0.2, 0.25) is 5.91 Å². The van der Waals surface area contributed by atoms with E-state index in [-0.39, 0.29) is 30.3 Å². The number of hydrogen-bond acceptors (Lipinski definition) is 6. The van der Waals surface area contributed by atoms with E-state index >= 15 is 0 Å². The molecule has 1 amide bonds. The predicted molar refractivity (Wildman–Crippen MR) is 107 cm³/mol. The molecular weight excluding hydrogens is 390 g/mol. The summed E-state index contributed by atoms with van der Waals surface area (Å²) in [6, 6.07) is 6.00. The average Bonchev–Trinajstić information content (AvgIpc) is 3.02. The van der Waals surface area contributed by atoms with Crippen LogP contribution in [0.1, 0.15) is 26.3 Å². The van der Waals surface area contributed by atoms with Crippen LogP contribution >= 0.6 is 11.8 Å². The van der Waals surface area contributed by atoms with Gasteiger partial charge in [-0.3, -0.25) is 19.1 Å². The van der Waals surface area contributed by atoms with E-state index in [0.717, 1.165) is 10.6 Å². The Morgan fingerprint density at radius 2 is 1.96 bits per heavy atom. The van der Waals surface area contributed by atoms with Crippen LogP contribution in [0.3, 0.4) is 0 Å². The quantitative estimate of drug-likeness (QED) is 0.500. The van der Waals surface area contributed by atoms with Crippen molar-refractivity contribution in [1.82, 2.24) is 5.32 Å². The predicted octanol–water partition coefficient (Wildman–Crippen LogP) is 1.48. The van der Waals surface area contributed by atoms with Crippen molar-refractivity contribution in [3.05, 3.63) is 29.8 Å². The maximum absolute atomic E-state index is 12.5. The maximum atomic E-state index is 12.5. The lowest BCUT2D eigenvalue weighted by molar-refractivity contribution is -0.128. The highest BCUT2D eigenvalue weighted by Gasteiger charge is 2.30. The van der Waals surface area contributed by atoms with Gasteiger partial charge < -0.3 is 10.4 Å². The van der Waals surface area contributed by atoms with Gasteiger partial charge in [0.05, 0.1) is 29.4 Å². The van der Waals surface area contributed by atoms with Crippen molar-refractivity contribution < 1.29 is 22.9 Å². The zero-order valence-corrected chi connectivity index (χ0v) is 17.1. The molecule has 1 aromatic rings. The number of nitrogens with one attached hydrogen (secondary N) is 2. The number of rotatable bonds is 7. The topological polar surface area (TPSA) is 128 Å². The minimum Gasteiger partial charge on any atom is -0.394 e.